The van der Waals surface area contributed by atoms with Crippen molar-refractivity contribution in [2.45, 2.75) is 76.0 Å². The maximum atomic E-state index is 12.8. The van der Waals surface area contributed by atoms with Gasteiger partial charge in [0.25, 0.3) is 0 Å². The molecule has 3 fully saturated rings. The normalized spacial score (nSPS) is 24.2. The van der Waals surface area contributed by atoms with E-state index in [1.165, 1.54) is 12.0 Å². The number of rotatable bonds is 2. The first-order valence-electron chi connectivity index (χ1n) is 12.5. The van der Waals surface area contributed by atoms with Crippen molar-refractivity contribution in [2.75, 3.05) is 29.4 Å². The highest BCUT2D eigenvalue weighted by molar-refractivity contribution is 5.76. The number of aromatic nitrogens is 3. The van der Waals surface area contributed by atoms with E-state index in [-0.39, 0.29) is 23.6 Å². The fraction of sp³-hybridized carbons (Fsp3) is 0.577. The average molecular weight is 474 g/mol. The minimum Gasteiger partial charge on any atom is -0.444 e. The molecule has 2 bridgehead atoms. The van der Waals surface area contributed by atoms with E-state index in [4.69, 9.17) is 14.7 Å². The number of nitriles is 1. The number of amides is 1. The van der Waals surface area contributed by atoms with Gasteiger partial charge in [-0.05, 0) is 58.6 Å². The predicted octanol–water partition coefficient (Wildman–Crippen LogP) is 3.90. The van der Waals surface area contributed by atoms with Gasteiger partial charge in [0.1, 0.15) is 29.4 Å². The predicted molar refractivity (Wildman–Crippen MR) is 131 cm³/mol. The molecule has 2 unspecified atom stereocenters. The summed E-state index contributed by atoms with van der Waals surface area (Å²) in [5, 5.41) is 9.40. The molecule has 2 aromatic rings. The van der Waals surface area contributed by atoms with E-state index >= 15 is 0 Å². The summed E-state index contributed by atoms with van der Waals surface area (Å²) in [6.07, 6.45) is 8.57. The molecular formula is C26H31N7O2. The van der Waals surface area contributed by atoms with Crippen LogP contribution < -0.4 is 9.80 Å². The molecular weight excluding hydrogens is 442 g/mol. The van der Waals surface area contributed by atoms with Crippen LogP contribution in [0.2, 0.25) is 0 Å². The molecule has 9 nitrogen and oxygen atoms in total. The molecule has 0 radical (unpaired) electrons. The fourth-order valence-electron chi connectivity index (χ4n) is 6.26. The van der Waals surface area contributed by atoms with Crippen LogP contribution in [0.3, 0.4) is 0 Å². The van der Waals surface area contributed by atoms with E-state index in [0.29, 0.717) is 18.7 Å². The van der Waals surface area contributed by atoms with Crippen molar-refractivity contribution in [3.63, 3.8) is 0 Å². The summed E-state index contributed by atoms with van der Waals surface area (Å²) in [6.45, 7) is 7.82. The standard InChI is InChI=1S/C26H31N7O2/c1-25(2,3)35-24(34)31-13-18-5-6-19(14-31)33(18)23-21-22(29-16-30-23)32(15-26(21)8-4-9-26)20-11-17(12-27)7-10-28-20/h7,10-11,16,18-19H,4-6,8-9,13-15H2,1-3H3. The smallest absolute Gasteiger partial charge is 0.410 e. The number of piperazine rings is 1. The Labute approximate surface area is 205 Å². The minimum absolute atomic E-state index is 0.0119. The lowest BCUT2D eigenvalue weighted by molar-refractivity contribution is 0.0209. The van der Waals surface area contributed by atoms with Gasteiger partial charge in [-0.25, -0.2) is 19.7 Å². The van der Waals surface area contributed by atoms with Gasteiger partial charge in [0.15, 0.2) is 0 Å². The van der Waals surface area contributed by atoms with Crippen molar-refractivity contribution < 1.29 is 9.53 Å². The number of pyridine rings is 1. The maximum Gasteiger partial charge on any atom is 0.410 e. The number of likely N-dealkylation sites (tertiary alicyclic amines) is 1. The van der Waals surface area contributed by atoms with E-state index < -0.39 is 5.60 Å². The molecule has 1 saturated carbocycles. The third-order valence-corrected chi connectivity index (χ3v) is 7.89. The van der Waals surface area contributed by atoms with Gasteiger partial charge in [0, 0.05) is 48.9 Å². The highest BCUT2D eigenvalue weighted by atomic mass is 16.6. The van der Waals surface area contributed by atoms with Gasteiger partial charge in [0.2, 0.25) is 0 Å². The van der Waals surface area contributed by atoms with Crippen molar-refractivity contribution in [1.82, 2.24) is 19.9 Å². The summed E-state index contributed by atoms with van der Waals surface area (Å²) in [7, 11) is 0. The number of hydrogen-bond acceptors (Lipinski definition) is 8. The van der Waals surface area contributed by atoms with Gasteiger partial charge < -0.3 is 19.4 Å². The molecule has 2 atom stereocenters. The average Bonchev–Trinajstić information content (AvgIpc) is 3.29. The summed E-state index contributed by atoms with van der Waals surface area (Å²) >= 11 is 0. The quantitative estimate of drug-likeness (QED) is 0.648. The molecule has 2 saturated heterocycles. The van der Waals surface area contributed by atoms with Crippen LogP contribution in [0, 0.1) is 11.3 Å². The molecule has 0 N–H and O–H groups in total. The molecule has 182 valence electrons. The van der Waals surface area contributed by atoms with Gasteiger partial charge in [-0.2, -0.15) is 5.26 Å². The van der Waals surface area contributed by atoms with Crippen LogP contribution >= 0.6 is 0 Å². The number of carbonyl (C=O) groups excluding carboxylic acids is 1. The first-order chi connectivity index (χ1) is 16.8. The molecule has 1 aliphatic carbocycles. The summed E-state index contributed by atoms with van der Waals surface area (Å²) in [5.41, 5.74) is 1.32. The zero-order chi connectivity index (χ0) is 24.4. The number of nitrogens with zero attached hydrogens (tertiary/aromatic N) is 7. The SMILES string of the molecule is CC(C)(C)OC(=O)N1CC2CCC(C1)N2c1ncnc2c1C1(CCC1)CN2c1cc(C#N)ccn1. The van der Waals surface area contributed by atoms with E-state index in [2.05, 4.69) is 20.9 Å². The van der Waals surface area contributed by atoms with Crippen LogP contribution in [0.15, 0.2) is 24.7 Å². The first-order valence-corrected chi connectivity index (χ1v) is 12.5. The Hall–Kier alpha value is -3.41. The van der Waals surface area contributed by atoms with E-state index in [9.17, 15) is 10.1 Å². The Balaban J connectivity index is 1.35. The summed E-state index contributed by atoms with van der Waals surface area (Å²) in [6, 6.07) is 6.22. The summed E-state index contributed by atoms with van der Waals surface area (Å²) < 4.78 is 5.66. The van der Waals surface area contributed by atoms with E-state index in [0.717, 1.165) is 49.7 Å². The molecule has 1 amide bonds. The molecule has 3 aliphatic heterocycles. The van der Waals surface area contributed by atoms with E-state index in [1.54, 1.807) is 18.6 Å². The van der Waals surface area contributed by atoms with Crippen molar-refractivity contribution in [1.29, 1.82) is 5.26 Å². The highest BCUT2D eigenvalue weighted by Crippen LogP contribution is 2.57. The van der Waals surface area contributed by atoms with Crippen molar-refractivity contribution in [2.24, 2.45) is 0 Å². The van der Waals surface area contributed by atoms with Crippen LogP contribution in [0.1, 0.15) is 64.0 Å². The van der Waals surface area contributed by atoms with E-state index in [1.807, 2.05) is 31.7 Å². The van der Waals surface area contributed by atoms with Crippen molar-refractivity contribution in [3.05, 3.63) is 35.8 Å². The second-order valence-electron chi connectivity index (χ2n) is 11.3. The third kappa shape index (κ3) is 3.58. The molecule has 1 spiro atoms. The summed E-state index contributed by atoms with van der Waals surface area (Å²) in [5.74, 6) is 2.69. The maximum absolute atomic E-state index is 12.8. The third-order valence-electron chi connectivity index (χ3n) is 7.89. The van der Waals surface area contributed by atoms with Crippen LogP contribution in [0.25, 0.3) is 0 Å². The Morgan fingerprint density at radius 2 is 1.86 bits per heavy atom. The molecule has 4 aliphatic rings. The largest absolute Gasteiger partial charge is 0.444 e. The van der Waals surface area contributed by atoms with Gasteiger partial charge in [-0.15, -0.1) is 0 Å². The number of anilines is 3. The highest BCUT2D eigenvalue weighted by Gasteiger charge is 2.53. The second-order valence-corrected chi connectivity index (χ2v) is 11.3. The Morgan fingerprint density at radius 3 is 2.49 bits per heavy atom. The van der Waals surface area contributed by atoms with Crippen molar-refractivity contribution >= 4 is 23.5 Å². The second kappa shape index (κ2) is 7.80. The van der Waals surface area contributed by atoms with Crippen LogP contribution in [-0.4, -0.2) is 63.3 Å². The lowest BCUT2D eigenvalue weighted by atomic mass is 9.66. The van der Waals surface area contributed by atoms with Gasteiger partial charge >= 0.3 is 6.09 Å². The molecule has 6 rings (SSSR count). The fourth-order valence-corrected chi connectivity index (χ4v) is 6.26. The Bertz CT molecular complexity index is 1200. The monoisotopic (exact) mass is 473 g/mol. The van der Waals surface area contributed by atoms with Crippen LogP contribution in [0.5, 0.6) is 0 Å². The number of hydrogen-bond donors (Lipinski definition) is 0. The topological polar surface area (TPSA) is 98.5 Å². The molecule has 35 heavy (non-hydrogen) atoms. The molecule has 5 heterocycles. The van der Waals surface area contributed by atoms with Crippen LogP contribution in [0.4, 0.5) is 22.2 Å². The van der Waals surface area contributed by atoms with Gasteiger partial charge in [-0.1, -0.05) is 6.42 Å². The molecule has 2 aromatic heterocycles. The molecule has 0 aromatic carbocycles. The Morgan fingerprint density at radius 1 is 1.14 bits per heavy atom. The lowest BCUT2D eigenvalue weighted by Gasteiger charge is -2.45. The minimum atomic E-state index is -0.502. The number of carbonyl (C=O) groups is 1. The zero-order valence-electron chi connectivity index (χ0n) is 20.6. The first kappa shape index (κ1) is 22.1. The number of fused-ring (bicyclic) bond motifs is 4. The summed E-state index contributed by atoms with van der Waals surface area (Å²) in [4.78, 5) is 33.5. The van der Waals surface area contributed by atoms with Gasteiger partial charge in [0.05, 0.1) is 11.6 Å². The number of ether oxygens (including phenoxy) is 1. The molecule has 9 heteroatoms. The zero-order valence-corrected chi connectivity index (χ0v) is 20.6. The van der Waals surface area contributed by atoms with Crippen molar-refractivity contribution in [3.8, 4) is 6.07 Å². The van der Waals surface area contributed by atoms with Crippen LogP contribution in [-0.2, 0) is 10.2 Å². The lowest BCUT2D eigenvalue weighted by Crippen LogP contribution is -2.57. The Kier molecular flexibility index (Phi) is 4.92. The van der Waals surface area contributed by atoms with Gasteiger partial charge in [-0.3, -0.25) is 0 Å².